The molecule has 27 heavy (non-hydrogen) atoms. The second-order valence-corrected chi connectivity index (χ2v) is 6.88. The van der Waals surface area contributed by atoms with Gasteiger partial charge in [-0.05, 0) is 54.0 Å². The standard InChI is InChI=1S/C20H23BrN2O4/c1-13(5-6-14(2)26-4)23-20(24)19(12-25-3)27-17-7-8-18-15(10-17)9-16(21)11-22-18/h7-11,13-14,19H,12H2,1-4H3,(H,23,24). The van der Waals surface area contributed by atoms with E-state index in [2.05, 4.69) is 38.1 Å². The molecule has 0 bridgehead atoms. The van der Waals surface area contributed by atoms with Gasteiger partial charge in [0.1, 0.15) is 11.9 Å². The van der Waals surface area contributed by atoms with E-state index in [0.29, 0.717) is 5.75 Å². The molecule has 7 heteroatoms. The van der Waals surface area contributed by atoms with E-state index in [0.717, 1.165) is 15.4 Å². The molecular weight excluding hydrogens is 412 g/mol. The van der Waals surface area contributed by atoms with Crippen molar-refractivity contribution in [1.29, 1.82) is 0 Å². The van der Waals surface area contributed by atoms with Crippen LogP contribution in [0.4, 0.5) is 0 Å². The van der Waals surface area contributed by atoms with E-state index in [1.54, 1.807) is 26.3 Å². The molecule has 0 saturated carbocycles. The number of hydrogen-bond acceptors (Lipinski definition) is 5. The summed E-state index contributed by atoms with van der Waals surface area (Å²) in [5, 5.41) is 3.73. The van der Waals surface area contributed by atoms with Gasteiger partial charge in [0.2, 0.25) is 0 Å². The van der Waals surface area contributed by atoms with Crippen LogP contribution in [0, 0.1) is 11.8 Å². The fraction of sp³-hybridized carbons (Fsp3) is 0.400. The van der Waals surface area contributed by atoms with Gasteiger partial charge >= 0.3 is 0 Å². The van der Waals surface area contributed by atoms with Gasteiger partial charge in [0, 0.05) is 30.3 Å². The minimum atomic E-state index is -0.795. The number of fused-ring (bicyclic) bond motifs is 1. The predicted octanol–water partition coefficient (Wildman–Crippen LogP) is 2.93. The number of aromatic nitrogens is 1. The summed E-state index contributed by atoms with van der Waals surface area (Å²) in [5.74, 6) is 6.12. The first-order valence-corrected chi connectivity index (χ1v) is 9.27. The van der Waals surface area contributed by atoms with Crippen LogP contribution in [0.2, 0.25) is 0 Å². The number of ether oxygens (including phenoxy) is 3. The van der Waals surface area contributed by atoms with Gasteiger partial charge in [-0.15, -0.1) is 0 Å². The van der Waals surface area contributed by atoms with Crippen molar-refractivity contribution >= 4 is 32.7 Å². The Morgan fingerprint density at radius 2 is 2.04 bits per heavy atom. The monoisotopic (exact) mass is 434 g/mol. The average molecular weight is 435 g/mol. The first kappa shape index (κ1) is 21.2. The molecule has 1 heterocycles. The van der Waals surface area contributed by atoms with Crippen molar-refractivity contribution in [3.63, 3.8) is 0 Å². The van der Waals surface area contributed by atoms with Gasteiger partial charge in [-0.1, -0.05) is 11.8 Å². The number of nitrogens with zero attached hydrogens (tertiary/aromatic N) is 1. The van der Waals surface area contributed by atoms with Gasteiger partial charge in [-0.3, -0.25) is 9.78 Å². The number of pyridine rings is 1. The number of hydrogen-bond donors (Lipinski definition) is 1. The van der Waals surface area contributed by atoms with Crippen molar-refractivity contribution in [3.8, 4) is 17.6 Å². The van der Waals surface area contributed by atoms with E-state index in [-0.39, 0.29) is 24.7 Å². The summed E-state index contributed by atoms with van der Waals surface area (Å²) < 4.78 is 16.9. The highest BCUT2D eigenvalue weighted by molar-refractivity contribution is 9.10. The Labute approximate surface area is 167 Å². The molecule has 3 atom stereocenters. The number of methoxy groups -OCH3 is 2. The summed E-state index contributed by atoms with van der Waals surface area (Å²) in [4.78, 5) is 16.9. The van der Waals surface area contributed by atoms with Crippen LogP contribution >= 0.6 is 15.9 Å². The van der Waals surface area contributed by atoms with Crippen molar-refractivity contribution in [1.82, 2.24) is 10.3 Å². The van der Waals surface area contributed by atoms with Crippen LogP contribution in [0.5, 0.6) is 5.75 Å². The van der Waals surface area contributed by atoms with Gasteiger partial charge in [-0.2, -0.15) is 0 Å². The Hall–Kier alpha value is -2.14. The Balaban J connectivity index is 2.09. The highest BCUT2D eigenvalue weighted by Gasteiger charge is 2.21. The summed E-state index contributed by atoms with van der Waals surface area (Å²) in [5.41, 5.74) is 0.842. The maximum absolute atomic E-state index is 12.5. The quantitative estimate of drug-likeness (QED) is 0.678. The van der Waals surface area contributed by atoms with Gasteiger partial charge in [0.15, 0.2) is 6.10 Å². The number of amides is 1. The molecule has 1 amide bonds. The lowest BCUT2D eigenvalue weighted by Gasteiger charge is -2.19. The number of carbonyl (C=O) groups excluding carboxylic acids is 1. The summed E-state index contributed by atoms with van der Waals surface area (Å²) in [6.07, 6.45) is 0.745. The molecule has 144 valence electrons. The lowest BCUT2D eigenvalue weighted by molar-refractivity contribution is -0.130. The van der Waals surface area contributed by atoms with Crippen molar-refractivity contribution < 1.29 is 19.0 Å². The first-order chi connectivity index (χ1) is 12.9. The van der Waals surface area contributed by atoms with Crippen LogP contribution in [-0.4, -0.2) is 50.0 Å². The maximum atomic E-state index is 12.5. The molecule has 0 aliphatic heterocycles. The molecule has 0 saturated heterocycles. The average Bonchev–Trinajstić information content (AvgIpc) is 2.65. The predicted molar refractivity (Wildman–Crippen MR) is 108 cm³/mol. The van der Waals surface area contributed by atoms with E-state index < -0.39 is 6.10 Å². The van der Waals surface area contributed by atoms with Crippen LogP contribution in [0.15, 0.2) is 34.9 Å². The zero-order chi connectivity index (χ0) is 19.8. The molecule has 1 aromatic heterocycles. The molecular formula is C20H23BrN2O4. The molecule has 1 aromatic carbocycles. The topological polar surface area (TPSA) is 69.7 Å². The highest BCUT2D eigenvalue weighted by Crippen LogP contribution is 2.23. The van der Waals surface area contributed by atoms with Crippen molar-refractivity contribution in [3.05, 3.63) is 34.9 Å². The van der Waals surface area contributed by atoms with Gasteiger partial charge in [-0.25, -0.2) is 0 Å². The Morgan fingerprint density at radius 3 is 2.74 bits per heavy atom. The molecule has 0 fully saturated rings. The lowest BCUT2D eigenvalue weighted by atomic mass is 10.2. The van der Waals surface area contributed by atoms with Gasteiger partial charge in [0.05, 0.1) is 18.2 Å². The number of carbonyl (C=O) groups is 1. The number of halogens is 1. The second-order valence-electron chi connectivity index (χ2n) is 5.97. The third-order valence-corrected chi connectivity index (χ3v) is 4.16. The number of benzene rings is 1. The molecule has 0 aliphatic carbocycles. The zero-order valence-electron chi connectivity index (χ0n) is 15.8. The smallest absolute Gasteiger partial charge is 0.264 e. The van der Waals surface area contributed by atoms with Gasteiger partial charge < -0.3 is 19.5 Å². The van der Waals surface area contributed by atoms with Crippen LogP contribution in [0.3, 0.4) is 0 Å². The van der Waals surface area contributed by atoms with E-state index in [1.165, 1.54) is 7.11 Å². The molecule has 1 N–H and O–H groups in total. The SMILES string of the molecule is COCC(Oc1ccc2ncc(Br)cc2c1)C(=O)NC(C)C#CC(C)OC. The Kier molecular flexibility index (Phi) is 8.04. The number of rotatable bonds is 7. The minimum Gasteiger partial charge on any atom is -0.478 e. The van der Waals surface area contributed by atoms with E-state index in [1.807, 2.05) is 25.1 Å². The van der Waals surface area contributed by atoms with Gasteiger partial charge in [0.25, 0.3) is 5.91 Å². The van der Waals surface area contributed by atoms with Crippen molar-refractivity contribution in [2.75, 3.05) is 20.8 Å². The molecule has 3 unspecified atom stereocenters. The third-order valence-electron chi connectivity index (χ3n) is 3.72. The molecule has 2 aromatic rings. The molecule has 0 spiro atoms. The molecule has 0 aliphatic rings. The van der Waals surface area contributed by atoms with Crippen LogP contribution in [0.25, 0.3) is 10.9 Å². The van der Waals surface area contributed by atoms with E-state index in [4.69, 9.17) is 14.2 Å². The zero-order valence-corrected chi connectivity index (χ0v) is 17.4. The highest BCUT2D eigenvalue weighted by atomic mass is 79.9. The third kappa shape index (κ3) is 6.51. The fourth-order valence-corrected chi connectivity index (χ4v) is 2.63. The number of nitrogens with one attached hydrogen (secondary N) is 1. The fourth-order valence-electron chi connectivity index (χ4n) is 2.28. The Morgan fingerprint density at radius 1 is 1.26 bits per heavy atom. The molecule has 0 radical (unpaired) electrons. The summed E-state index contributed by atoms with van der Waals surface area (Å²) in [6.45, 7) is 3.76. The first-order valence-electron chi connectivity index (χ1n) is 8.48. The molecule has 2 rings (SSSR count). The summed E-state index contributed by atoms with van der Waals surface area (Å²) in [6, 6.07) is 7.07. The minimum absolute atomic E-state index is 0.120. The maximum Gasteiger partial charge on any atom is 0.264 e. The largest absolute Gasteiger partial charge is 0.478 e. The Bertz CT molecular complexity index is 847. The van der Waals surface area contributed by atoms with Crippen molar-refractivity contribution in [2.24, 2.45) is 0 Å². The summed E-state index contributed by atoms with van der Waals surface area (Å²) in [7, 11) is 3.11. The lowest BCUT2D eigenvalue weighted by Crippen LogP contribution is -2.44. The second kappa shape index (κ2) is 10.3. The summed E-state index contributed by atoms with van der Waals surface area (Å²) >= 11 is 3.40. The van der Waals surface area contributed by atoms with Crippen LogP contribution < -0.4 is 10.1 Å². The van der Waals surface area contributed by atoms with Crippen LogP contribution in [0.1, 0.15) is 13.8 Å². The van der Waals surface area contributed by atoms with Crippen molar-refractivity contribution in [2.45, 2.75) is 32.1 Å². The van der Waals surface area contributed by atoms with Crippen LogP contribution in [-0.2, 0) is 14.3 Å². The van der Waals surface area contributed by atoms with E-state index >= 15 is 0 Å². The molecule has 6 nitrogen and oxygen atoms in total. The normalized spacial score (nSPS) is 14.0. The van der Waals surface area contributed by atoms with E-state index in [9.17, 15) is 4.79 Å².